The summed E-state index contributed by atoms with van der Waals surface area (Å²) in [5.74, 6) is -2.37. The van der Waals surface area contributed by atoms with E-state index in [1.807, 2.05) is 0 Å². The minimum atomic E-state index is -4.53. The Morgan fingerprint density at radius 2 is 1.68 bits per heavy atom. The highest BCUT2D eigenvalue weighted by atomic mass is 19.4. The molecule has 5 nitrogen and oxygen atoms in total. The molecule has 0 spiro atoms. The van der Waals surface area contributed by atoms with Crippen LogP contribution in [0.15, 0.2) is 54.9 Å². The standard InChI is InChI=1S/C18H11F5N4O/c19-12-4-5-15(14(20)7-12)27-17-24-8-10(9-25-17)16(28)26-13-3-1-2-11(6-13)18(21,22)23/h1-9H,(H,26,28)(H,24,25,27). The molecule has 0 unspecified atom stereocenters. The molecule has 144 valence electrons. The molecule has 0 saturated heterocycles. The van der Waals surface area contributed by atoms with Gasteiger partial charge in [0.05, 0.1) is 16.8 Å². The van der Waals surface area contributed by atoms with Crippen molar-refractivity contribution in [1.82, 2.24) is 9.97 Å². The normalized spacial score (nSPS) is 11.2. The molecule has 10 heteroatoms. The molecule has 0 aliphatic heterocycles. The molecule has 0 atom stereocenters. The summed E-state index contributed by atoms with van der Waals surface area (Å²) in [6.07, 6.45) is -2.31. The van der Waals surface area contributed by atoms with Crippen LogP contribution in [0.2, 0.25) is 0 Å². The van der Waals surface area contributed by atoms with Crippen molar-refractivity contribution in [3.8, 4) is 0 Å². The number of aromatic nitrogens is 2. The third-order valence-electron chi connectivity index (χ3n) is 3.54. The molecule has 1 aromatic heterocycles. The van der Waals surface area contributed by atoms with E-state index < -0.39 is 29.3 Å². The fraction of sp³-hybridized carbons (Fsp3) is 0.0556. The fourth-order valence-corrected chi connectivity index (χ4v) is 2.20. The number of nitrogens with one attached hydrogen (secondary N) is 2. The van der Waals surface area contributed by atoms with E-state index in [4.69, 9.17) is 0 Å². The van der Waals surface area contributed by atoms with E-state index in [-0.39, 0.29) is 22.9 Å². The first kappa shape index (κ1) is 19.2. The predicted octanol–water partition coefficient (Wildman–Crippen LogP) is 4.77. The van der Waals surface area contributed by atoms with E-state index in [0.717, 1.165) is 36.7 Å². The molecule has 0 radical (unpaired) electrons. The quantitative estimate of drug-likeness (QED) is 0.626. The second-order valence-electron chi connectivity index (χ2n) is 5.58. The number of hydrogen-bond donors (Lipinski definition) is 2. The van der Waals surface area contributed by atoms with Gasteiger partial charge in [0, 0.05) is 24.1 Å². The lowest BCUT2D eigenvalue weighted by molar-refractivity contribution is -0.137. The lowest BCUT2D eigenvalue weighted by Gasteiger charge is -2.10. The lowest BCUT2D eigenvalue weighted by atomic mass is 10.2. The zero-order chi connectivity index (χ0) is 20.3. The molecular formula is C18H11F5N4O. The highest BCUT2D eigenvalue weighted by Gasteiger charge is 2.30. The molecule has 0 bridgehead atoms. The van der Waals surface area contributed by atoms with Crippen LogP contribution in [0, 0.1) is 11.6 Å². The van der Waals surface area contributed by atoms with Crippen LogP contribution >= 0.6 is 0 Å². The van der Waals surface area contributed by atoms with Gasteiger partial charge >= 0.3 is 6.18 Å². The largest absolute Gasteiger partial charge is 0.416 e. The number of carbonyl (C=O) groups is 1. The van der Waals surface area contributed by atoms with E-state index in [9.17, 15) is 26.7 Å². The van der Waals surface area contributed by atoms with Crippen LogP contribution in [0.1, 0.15) is 15.9 Å². The highest BCUT2D eigenvalue weighted by Crippen LogP contribution is 2.30. The predicted molar refractivity (Wildman–Crippen MR) is 91.1 cm³/mol. The number of hydrogen-bond acceptors (Lipinski definition) is 4. The molecule has 0 fully saturated rings. The van der Waals surface area contributed by atoms with Crippen molar-refractivity contribution in [2.75, 3.05) is 10.6 Å². The first-order chi connectivity index (χ1) is 13.2. The van der Waals surface area contributed by atoms with E-state index in [2.05, 4.69) is 20.6 Å². The molecule has 3 rings (SSSR count). The number of carbonyl (C=O) groups excluding carboxylic acids is 1. The van der Waals surface area contributed by atoms with Gasteiger partial charge in [0.1, 0.15) is 11.6 Å². The summed E-state index contributed by atoms with van der Waals surface area (Å²) in [7, 11) is 0. The number of rotatable bonds is 4. The average molecular weight is 394 g/mol. The maximum atomic E-state index is 13.6. The smallest absolute Gasteiger partial charge is 0.322 e. The van der Waals surface area contributed by atoms with Crippen LogP contribution in [-0.2, 0) is 6.18 Å². The maximum absolute atomic E-state index is 13.6. The fourth-order valence-electron chi connectivity index (χ4n) is 2.20. The highest BCUT2D eigenvalue weighted by molar-refractivity contribution is 6.03. The van der Waals surface area contributed by atoms with Gasteiger partial charge in [0.2, 0.25) is 5.95 Å². The van der Waals surface area contributed by atoms with Gasteiger partial charge in [-0.2, -0.15) is 13.2 Å². The molecule has 3 aromatic rings. The van der Waals surface area contributed by atoms with Crippen molar-refractivity contribution in [1.29, 1.82) is 0 Å². The first-order valence-electron chi connectivity index (χ1n) is 7.75. The van der Waals surface area contributed by atoms with E-state index in [0.29, 0.717) is 6.07 Å². The maximum Gasteiger partial charge on any atom is 0.416 e. The summed E-state index contributed by atoms with van der Waals surface area (Å²) >= 11 is 0. The Labute approximate surface area is 155 Å². The van der Waals surface area contributed by atoms with Crippen molar-refractivity contribution in [2.45, 2.75) is 6.18 Å². The number of halogens is 5. The molecule has 0 saturated carbocycles. The van der Waals surface area contributed by atoms with E-state index in [1.54, 1.807) is 0 Å². The molecule has 1 heterocycles. The van der Waals surface area contributed by atoms with Crippen LogP contribution in [0.4, 0.5) is 39.3 Å². The number of anilines is 3. The summed E-state index contributed by atoms with van der Waals surface area (Å²) in [6.45, 7) is 0. The van der Waals surface area contributed by atoms with E-state index in [1.165, 1.54) is 12.1 Å². The zero-order valence-electron chi connectivity index (χ0n) is 13.9. The number of alkyl halides is 3. The first-order valence-corrected chi connectivity index (χ1v) is 7.75. The van der Waals surface area contributed by atoms with Crippen molar-refractivity contribution < 1.29 is 26.7 Å². The van der Waals surface area contributed by atoms with E-state index >= 15 is 0 Å². The molecule has 0 aliphatic rings. The Morgan fingerprint density at radius 3 is 2.32 bits per heavy atom. The third kappa shape index (κ3) is 4.58. The zero-order valence-corrected chi connectivity index (χ0v) is 13.9. The van der Waals surface area contributed by atoms with Gasteiger partial charge in [0.25, 0.3) is 5.91 Å². The number of amides is 1. The Balaban J connectivity index is 1.70. The van der Waals surface area contributed by atoms with Gasteiger partial charge in [-0.3, -0.25) is 4.79 Å². The summed E-state index contributed by atoms with van der Waals surface area (Å²) < 4.78 is 64.6. The van der Waals surface area contributed by atoms with Gasteiger partial charge in [-0.25, -0.2) is 18.7 Å². The molecule has 2 aromatic carbocycles. The molecule has 28 heavy (non-hydrogen) atoms. The van der Waals surface area contributed by atoms with Crippen LogP contribution < -0.4 is 10.6 Å². The van der Waals surface area contributed by atoms with Crippen LogP contribution in [0.3, 0.4) is 0 Å². The number of nitrogens with zero attached hydrogens (tertiary/aromatic N) is 2. The number of benzene rings is 2. The minimum absolute atomic E-state index is 0.0254. The van der Waals surface area contributed by atoms with Crippen molar-refractivity contribution in [3.63, 3.8) is 0 Å². The molecule has 1 amide bonds. The van der Waals surface area contributed by atoms with Crippen molar-refractivity contribution in [3.05, 3.63) is 77.6 Å². The van der Waals surface area contributed by atoms with Crippen LogP contribution in [0.5, 0.6) is 0 Å². The summed E-state index contributed by atoms with van der Waals surface area (Å²) in [5.41, 5.74) is -1.04. The summed E-state index contributed by atoms with van der Waals surface area (Å²) in [5, 5.41) is 4.83. The minimum Gasteiger partial charge on any atom is -0.322 e. The van der Waals surface area contributed by atoms with Gasteiger partial charge in [-0.15, -0.1) is 0 Å². The van der Waals surface area contributed by atoms with Gasteiger partial charge in [0.15, 0.2) is 0 Å². The molecule has 0 aliphatic carbocycles. The van der Waals surface area contributed by atoms with Crippen molar-refractivity contribution in [2.24, 2.45) is 0 Å². The van der Waals surface area contributed by atoms with Crippen LogP contribution in [0.25, 0.3) is 0 Å². The second kappa shape index (κ2) is 7.59. The Hall–Kier alpha value is -3.56. The Kier molecular flexibility index (Phi) is 5.21. The summed E-state index contributed by atoms with van der Waals surface area (Å²) in [4.78, 5) is 19.8. The SMILES string of the molecule is O=C(Nc1cccc(C(F)(F)F)c1)c1cnc(Nc2ccc(F)cc2F)nc1. The Morgan fingerprint density at radius 1 is 0.964 bits per heavy atom. The summed E-state index contributed by atoms with van der Waals surface area (Å²) in [6, 6.07) is 7.03. The van der Waals surface area contributed by atoms with Gasteiger partial charge in [-0.1, -0.05) is 6.07 Å². The van der Waals surface area contributed by atoms with Gasteiger partial charge < -0.3 is 10.6 Å². The van der Waals surface area contributed by atoms with Crippen LogP contribution in [-0.4, -0.2) is 15.9 Å². The molecular weight excluding hydrogens is 383 g/mol. The monoisotopic (exact) mass is 394 g/mol. The molecule has 2 N–H and O–H groups in total. The Bertz CT molecular complexity index is 1010. The van der Waals surface area contributed by atoms with Crippen molar-refractivity contribution >= 4 is 23.2 Å². The van der Waals surface area contributed by atoms with Gasteiger partial charge in [-0.05, 0) is 30.3 Å². The second-order valence-corrected chi connectivity index (χ2v) is 5.58. The lowest BCUT2D eigenvalue weighted by Crippen LogP contribution is -2.14. The average Bonchev–Trinajstić information content (AvgIpc) is 2.64. The third-order valence-corrected chi connectivity index (χ3v) is 3.54. The topological polar surface area (TPSA) is 66.9 Å².